The zero-order chi connectivity index (χ0) is 11.9. The van der Waals surface area contributed by atoms with Crippen LogP contribution in [0.5, 0.6) is 0 Å². The number of likely N-dealkylation sites (tertiary alicyclic amines) is 1. The number of aliphatic imine (C=N–C) groups is 1. The number of allylic oxidation sites excluding steroid dienone is 1. The molecule has 4 nitrogen and oxygen atoms in total. The van der Waals surface area contributed by atoms with Crippen molar-refractivity contribution in [2.75, 3.05) is 26.2 Å². The lowest BCUT2D eigenvalue weighted by atomic mass is 9.73. The van der Waals surface area contributed by atoms with Gasteiger partial charge in [-0.05, 0) is 25.8 Å². The third-order valence-corrected chi connectivity index (χ3v) is 4.60. The van der Waals surface area contributed by atoms with Crippen LogP contribution in [0.3, 0.4) is 0 Å². The van der Waals surface area contributed by atoms with Gasteiger partial charge in [0, 0.05) is 30.8 Å². The van der Waals surface area contributed by atoms with Crippen LogP contribution >= 0.6 is 0 Å². The Bertz CT molecular complexity index is 356. The van der Waals surface area contributed by atoms with Gasteiger partial charge in [-0.15, -0.1) is 0 Å². The standard InChI is InChI=1S/C13H21N3O/c1-10-12(14)13(9-17-10)3-6-16(7-4-13)11-2-5-15-8-11/h2,8,10,12H,3-7,9,14H2,1H3/t10-,12+/m0/s1. The van der Waals surface area contributed by atoms with Crippen molar-refractivity contribution in [3.8, 4) is 0 Å². The number of hydrogen-bond acceptors (Lipinski definition) is 4. The summed E-state index contributed by atoms with van der Waals surface area (Å²) >= 11 is 0. The third kappa shape index (κ3) is 1.79. The van der Waals surface area contributed by atoms with Crippen molar-refractivity contribution in [2.45, 2.75) is 31.9 Å². The van der Waals surface area contributed by atoms with Gasteiger partial charge in [0.15, 0.2) is 0 Å². The summed E-state index contributed by atoms with van der Waals surface area (Å²) in [6, 6.07) is 0.205. The molecule has 2 atom stereocenters. The highest BCUT2D eigenvalue weighted by molar-refractivity contribution is 5.80. The first-order valence-electron chi connectivity index (χ1n) is 6.53. The van der Waals surface area contributed by atoms with E-state index >= 15 is 0 Å². The van der Waals surface area contributed by atoms with E-state index in [0.717, 1.165) is 39.1 Å². The first-order valence-corrected chi connectivity index (χ1v) is 6.53. The molecular formula is C13H21N3O. The molecule has 0 bridgehead atoms. The van der Waals surface area contributed by atoms with Gasteiger partial charge in [-0.3, -0.25) is 4.99 Å². The predicted molar refractivity (Wildman–Crippen MR) is 68.1 cm³/mol. The smallest absolute Gasteiger partial charge is 0.0704 e. The van der Waals surface area contributed by atoms with Gasteiger partial charge in [0.25, 0.3) is 0 Å². The minimum Gasteiger partial charge on any atom is -0.376 e. The van der Waals surface area contributed by atoms with E-state index in [1.165, 1.54) is 5.70 Å². The van der Waals surface area contributed by atoms with E-state index in [2.05, 4.69) is 22.9 Å². The molecule has 3 heterocycles. The molecule has 0 amide bonds. The fourth-order valence-electron chi connectivity index (χ4n) is 3.24. The molecule has 0 saturated carbocycles. The maximum absolute atomic E-state index is 6.30. The van der Waals surface area contributed by atoms with Crippen molar-refractivity contribution < 1.29 is 4.74 Å². The largest absolute Gasteiger partial charge is 0.376 e. The van der Waals surface area contributed by atoms with Crippen LogP contribution in [0.1, 0.15) is 19.8 Å². The normalized spacial score (nSPS) is 35.6. The predicted octanol–water partition coefficient (Wildman–Crippen LogP) is 0.783. The van der Waals surface area contributed by atoms with Crippen molar-refractivity contribution in [2.24, 2.45) is 16.1 Å². The van der Waals surface area contributed by atoms with Gasteiger partial charge < -0.3 is 15.4 Å². The summed E-state index contributed by atoms with van der Waals surface area (Å²) in [7, 11) is 0. The molecular weight excluding hydrogens is 214 g/mol. The minimum atomic E-state index is 0.205. The summed E-state index contributed by atoms with van der Waals surface area (Å²) in [5.74, 6) is 0. The van der Waals surface area contributed by atoms with Crippen molar-refractivity contribution in [1.29, 1.82) is 0 Å². The van der Waals surface area contributed by atoms with Crippen molar-refractivity contribution >= 4 is 6.21 Å². The lowest BCUT2D eigenvalue weighted by Crippen LogP contribution is -2.50. The van der Waals surface area contributed by atoms with Gasteiger partial charge >= 0.3 is 0 Å². The highest BCUT2D eigenvalue weighted by Gasteiger charge is 2.47. The molecule has 0 aromatic heterocycles. The molecule has 4 heteroatoms. The van der Waals surface area contributed by atoms with E-state index < -0.39 is 0 Å². The van der Waals surface area contributed by atoms with Crippen LogP contribution in [0.2, 0.25) is 0 Å². The summed E-state index contributed by atoms with van der Waals surface area (Å²) in [5, 5.41) is 0. The second-order valence-electron chi connectivity index (χ2n) is 5.51. The lowest BCUT2D eigenvalue weighted by molar-refractivity contribution is 0.0790. The molecule has 0 radical (unpaired) electrons. The highest BCUT2D eigenvalue weighted by atomic mass is 16.5. The van der Waals surface area contributed by atoms with Crippen molar-refractivity contribution in [3.63, 3.8) is 0 Å². The second-order valence-corrected chi connectivity index (χ2v) is 5.51. The zero-order valence-electron chi connectivity index (χ0n) is 10.4. The third-order valence-electron chi connectivity index (χ3n) is 4.60. The number of hydrogen-bond donors (Lipinski definition) is 1. The Kier molecular flexibility index (Phi) is 2.71. The molecule has 1 spiro atoms. The molecule has 94 valence electrons. The van der Waals surface area contributed by atoms with Crippen LogP contribution in [0.15, 0.2) is 16.8 Å². The van der Waals surface area contributed by atoms with Crippen LogP contribution in [0.25, 0.3) is 0 Å². The number of rotatable bonds is 1. The Morgan fingerprint density at radius 3 is 2.76 bits per heavy atom. The van der Waals surface area contributed by atoms with E-state index in [9.17, 15) is 0 Å². The SMILES string of the molecule is C[C@@H]1OCC2(CCN(C3=CCN=C3)CC2)[C@@H]1N. The van der Waals surface area contributed by atoms with Gasteiger partial charge in [-0.25, -0.2) is 0 Å². The number of nitrogens with zero attached hydrogens (tertiary/aromatic N) is 2. The number of nitrogens with two attached hydrogens (primary N) is 1. The molecule has 0 unspecified atom stereocenters. The molecule has 3 rings (SSSR count). The summed E-state index contributed by atoms with van der Waals surface area (Å²) in [5.41, 5.74) is 7.82. The Labute approximate surface area is 103 Å². The Morgan fingerprint density at radius 1 is 1.47 bits per heavy atom. The fourth-order valence-corrected chi connectivity index (χ4v) is 3.24. The second kappa shape index (κ2) is 4.10. The fraction of sp³-hybridized carbons (Fsp3) is 0.769. The molecule has 3 aliphatic rings. The summed E-state index contributed by atoms with van der Waals surface area (Å²) in [6.07, 6.45) is 6.69. The molecule has 0 aliphatic carbocycles. The summed E-state index contributed by atoms with van der Waals surface area (Å²) in [6.45, 7) is 5.95. The topological polar surface area (TPSA) is 50.8 Å². The van der Waals surface area contributed by atoms with Gasteiger partial charge in [-0.2, -0.15) is 0 Å². The number of ether oxygens (including phenoxy) is 1. The molecule has 0 aromatic carbocycles. The van der Waals surface area contributed by atoms with Gasteiger partial charge in [0.2, 0.25) is 0 Å². The van der Waals surface area contributed by atoms with Crippen molar-refractivity contribution in [3.05, 3.63) is 11.8 Å². The molecule has 3 aliphatic heterocycles. The average Bonchev–Trinajstić information content (AvgIpc) is 2.96. The monoisotopic (exact) mass is 235 g/mol. The molecule has 17 heavy (non-hydrogen) atoms. The first kappa shape index (κ1) is 11.2. The van der Waals surface area contributed by atoms with Gasteiger partial charge in [0.05, 0.1) is 25.0 Å². The molecule has 0 aromatic rings. The molecule has 2 N–H and O–H groups in total. The summed E-state index contributed by atoms with van der Waals surface area (Å²) < 4.78 is 5.73. The maximum atomic E-state index is 6.30. The van der Waals surface area contributed by atoms with Crippen LogP contribution in [0.4, 0.5) is 0 Å². The Balaban J connectivity index is 1.66. The van der Waals surface area contributed by atoms with E-state index in [4.69, 9.17) is 10.5 Å². The summed E-state index contributed by atoms with van der Waals surface area (Å²) in [4.78, 5) is 6.68. The van der Waals surface area contributed by atoms with E-state index in [1.807, 2.05) is 6.21 Å². The molecule has 2 fully saturated rings. The quantitative estimate of drug-likeness (QED) is 0.731. The van der Waals surface area contributed by atoms with Gasteiger partial charge in [0.1, 0.15) is 0 Å². The zero-order valence-corrected chi connectivity index (χ0v) is 10.4. The molecule has 2 saturated heterocycles. The van der Waals surface area contributed by atoms with E-state index in [1.54, 1.807) is 0 Å². The maximum Gasteiger partial charge on any atom is 0.0704 e. The van der Waals surface area contributed by atoms with Crippen LogP contribution in [-0.4, -0.2) is 49.5 Å². The van der Waals surface area contributed by atoms with Crippen LogP contribution < -0.4 is 5.73 Å². The van der Waals surface area contributed by atoms with Crippen molar-refractivity contribution in [1.82, 2.24) is 4.90 Å². The first-order chi connectivity index (χ1) is 8.21. The Hall–Kier alpha value is -0.870. The number of piperidine rings is 1. The van der Waals surface area contributed by atoms with Crippen LogP contribution in [-0.2, 0) is 4.74 Å². The van der Waals surface area contributed by atoms with E-state index in [-0.39, 0.29) is 17.6 Å². The lowest BCUT2D eigenvalue weighted by Gasteiger charge is -2.42. The van der Waals surface area contributed by atoms with Crippen LogP contribution in [0, 0.1) is 5.41 Å². The van der Waals surface area contributed by atoms with E-state index in [0.29, 0.717) is 0 Å². The highest BCUT2D eigenvalue weighted by Crippen LogP contribution is 2.41. The average molecular weight is 235 g/mol. The minimum absolute atomic E-state index is 0.205. The Morgan fingerprint density at radius 2 is 2.24 bits per heavy atom. The van der Waals surface area contributed by atoms with Gasteiger partial charge in [-0.1, -0.05) is 0 Å².